The molecule has 0 bridgehead atoms. The summed E-state index contributed by atoms with van der Waals surface area (Å²) in [7, 11) is 1.40. The Morgan fingerprint density at radius 3 is 2.86 bits per heavy atom. The molecule has 1 aliphatic carbocycles. The van der Waals surface area contributed by atoms with Crippen LogP contribution < -0.4 is 0 Å². The Hall–Kier alpha value is -1.36. The first-order valence-corrected chi connectivity index (χ1v) is 11.2. The number of carbonyl (C=O) groups is 1. The molecule has 4 nitrogen and oxygen atoms in total. The van der Waals surface area contributed by atoms with E-state index in [1.54, 1.807) is 0 Å². The third-order valence-electron chi connectivity index (χ3n) is 5.87. The van der Waals surface area contributed by atoms with E-state index in [4.69, 9.17) is 11.6 Å². The Morgan fingerprint density at radius 1 is 1.34 bits per heavy atom. The van der Waals surface area contributed by atoms with Gasteiger partial charge < -0.3 is 14.9 Å². The zero-order chi connectivity index (χ0) is 21.2. The average molecular weight is 423 g/mol. The number of esters is 1. The SMILES string of the molecule is CCCCC(O)c1cccc([C@@H]2[C@@H](CC=CCCCC(=O)OC)[C@H](Cl)C[C@H]2O)c1. The van der Waals surface area contributed by atoms with Crippen molar-refractivity contribution >= 4 is 17.6 Å². The van der Waals surface area contributed by atoms with Crippen molar-refractivity contribution in [3.63, 3.8) is 0 Å². The number of allylic oxidation sites excluding steroid dienone is 2. The lowest BCUT2D eigenvalue weighted by molar-refractivity contribution is -0.140. The molecule has 1 aromatic rings. The molecule has 0 heterocycles. The van der Waals surface area contributed by atoms with Crippen molar-refractivity contribution in [1.82, 2.24) is 0 Å². The van der Waals surface area contributed by atoms with E-state index in [9.17, 15) is 15.0 Å². The zero-order valence-corrected chi connectivity index (χ0v) is 18.4. The third kappa shape index (κ3) is 7.13. The maximum absolute atomic E-state index is 11.2. The summed E-state index contributed by atoms with van der Waals surface area (Å²) in [4.78, 5) is 11.2. The summed E-state index contributed by atoms with van der Waals surface area (Å²) in [6, 6.07) is 8.00. The molecular formula is C24H35ClO4. The average Bonchev–Trinajstić information content (AvgIpc) is 3.01. The van der Waals surface area contributed by atoms with Crippen molar-refractivity contribution in [3.8, 4) is 0 Å². The van der Waals surface area contributed by atoms with E-state index < -0.39 is 12.2 Å². The maximum atomic E-state index is 11.2. The van der Waals surface area contributed by atoms with Crippen molar-refractivity contribution in [2.45, 2.75) is 81.8 Å². The highest BCUT2D eigenvalue weighted by Gasteiger charge is 2.41. The van der Waals surface area contributed by atoms with Gasteiger partial charge in [-0.2, -0.15) is 0 Å². The van der Waals surface area contributed by atoms with Gasteiger partial charge in [0.15, 0.2) is 0 Å². The normalized spacial score (nSPS) is 25.4. The summed E-state index contributed by atoms with van der Waals surface area (Å²) < 4.78 is 4.65. The number of benzene rings is 1. The van der Waals surface area contributed by atoms with Gasteiger partial charge in [-0.05, 0) is 49.1 Å². The molecule has 1 aromatic carbocycles. The number of ether oxygens (including phenoxy) is 1. The summed E-state index contributed by atoms with van der Waals surface area (Å²) >= 11 is 6.58. The van der Waals surface area contributed by atoms with E-state index in [0.717, 1.165) is 49.7 Å². The summed E-state index contributed by atoms with van der Waals surface area (Å²) in [6.07, 6.45) is 9.44. The molecule has 1 aliphatic rings. The predicted octanol–water partition coefficient (Wildman–Crippen LogP) is 5.27. The van der Waals surface area contributed by atoms with Gasteiger partial charge in [0.25, 0.3) is 0 Å². The fourth-order valence-electron chi connectivity index (χ4n) is 4.20. The van der Waals surface area contributed by atoms with E-state index in [2.05, 4.69) is 23.8 Å². The van der Waals surface area contributed by atoms with Gasteiger partial charge in [-0.3, -0.25) is 4.79 Å². The number of hydrogen-bond donors (Lipinski definition) is 2. The lowest BCUT2D eigenvalue weighted by Gasteiger charge is -2.24. The van der Waals surface area contributed by atoms with Crippen LogP contribution in [0.1, 0.15) is 81.4 Å². The number of methoxy groups -OCH3 is 1. The van der Waals surface area contributed by atoms with E-state index in [-0.39, 0.29) is 23.2 Å². The van der Waals surface area contributed by atoms with Gasteiger partial charge in [0.2, 0.25) is 0 Å². The van der Waals surface area contributed by atoms with E-state index in [1.165, 1.54) is 7.11 Å². The molecule has 0 spiro atoms. The van der Waals surface area contributed by atoms with Gasteiger partial charge in [-0.25, -0.2) is 0 Å². The van der Waals surface area contributed by atoms with E-state index >= 15 is 0 Å². The largest absolute Gasteiger partial charge is 0.469 e. The smallest absolute Gasteiger partial charge is 0.305 e. The topological polar surface area (TPSA) is 66.8 Å². The van der Waals surface area contributed by atoms with Crippen molar-refractivity contribution in [2.24, 2.45) is 5.92 Å². The molecular weight excluding hydrogens is 388 g/mol. The fourth-order valence-corrected chi connectivity index (χ4v) is 4.64. The number of halogens is 1. The molecule has 5 heteroatoms. The lowest BCUT2D eigenvalue weighted by atomic mass is 9.84. The number of carbonyl (C=O) groups excluding carboxylic acids is 1. The second-order valence-corrected chi connectivity index (χ2v) is 8.57. The molecule has 0 amide bonds. The molecule has 1 fully saturated rings. The Kier molecular flexibility index (Phi) is 10.2. The number of hydrogen-bond acceptors (Lipinski definition) is 4. The van der Waals surface area contributed by atoms with Crippen molar-refractivity contribution in [2.75, 3.05) is 7.11 Å². The quantitative estimate of drug-likeness (QED) is 0.220. The number of aliphatic hydroxyl groups is 2. The molecule has 0 radical (unpaired) electrons. The van der Waals surface area contributed by atoms with Crippen molar-refractivity contribution in [1.29, 1.82) is 0 Å². The first-order chi connectivity index (χ1) is 14.0. The number of rotatable bonds is 11. The van der Waals surface area contributed by atoms with Crippen LogP contribution in [0, 0.1) is 5.92 Å². The molecule has 5 atom stereocenters. The molecule has 29 heavy (non-hydrogen) atoms. The van der Waals surface area contributed by atoms with Crippen LogP contribution in [-0.2, 0) is 9.53 Å². The van der Waals surface area contributed by atoms with Crippen molar-refractivity contribution in [3.05, 3.63) is 47.5 Å². The molecule has 1 unspecified atom stereocenters. The van der Waals surface area contributed by atoms with Gasteiger partial charge >= 0.3 is 5.97 Å². The first-order valence-electron chi connectivity index (χ1n) is 10.8. The zero-order valence-electron chi connectivity index (χ0n) is 17.6. The van der Waals surface area contributed by atoms with Crippen LogP contribution in [0.2, 0.25) is 0 Å². The summed E-state index contributed by atoms with van der Waals surface area (Å²) in [6.45, 7) is 2.12. The fraction of sp³-hybridized carbons (Fsp3) is 0.625. The first kappa shape index (κ1) is 23.9. The molecule has 2 rings (SSSR count). The van der Waals surface area contributed by atoms with Crippen molar-refractivity contribution < 1.29 is 19.7 Å². The molecule has 0 aliphatic heterocycles. The highest BCUT2D eigenvalue weighted by molar-refractivity contribution is 6.21. The number of alkyl halides is 1. The molecule has 162 valence electrons. The second-order valence-electron chi connectivity index (χ2n) is 8.01. The van der Waals surface area contributed by atoms with Crippen LogP contribution in [0.5, 0.6) is 0 Å². The van der Waals surface area contributed by atoms with Crippen LogP contribution in [0.3, 0.4) is 0 Å². The highest BCUT2D eigenvalue weighted by Crippen LogP contribution is 2.45. The Bertz CT molecular complexity index is 660. The Morgan fingerprint density at radius 2 is 2.14 bits per heavy atom. The summed E-state index contributed by atoms with van der Waals surface area (Å²) in [5.74, 6) is -0.0682. The van der Waals surface area contributed by atoms with Crippen LogP contribution in [0.4, 0.5) is 0 Å². The number of aliphatic hydroxyl groups excluding tert-OH is 2. The molecule has 2 N–H and O–H groups in total. The standard InChI is InChI=1S/C24H35ClO4/c1-3-4-13-21(26)17-10-9-11-18(15-17)24-19(20(25)16-22(24)27)12-7-5-6-8-14-23(28)29-2/h5,7,9-11,15,19-22,24,26-27H,3-4,6,8,12-14,16H2,1-2H3/t19-,20+,21?,22+,24+/m0/s1. The van der Waals surface area contributed by atoms with E-state index in [1.807, 2.05) is 24.3 Å². The lowest BCUT2D eigenvalue weighted by Crippen LogP contribution is -2.18. The Labute approximate surface area is 179 Å². The highest BCUT2D eigenvalue weighted by atomic mass is 35.5. The minimum Gasteiger partial charge on any atom is -0.469 e. The molecule has 0 saturated heterocycles. The minimum atomic E-state index is -0.474. The Balaban J connectivity index is 2.01. The summed E-state index contributed by atoms with van der Waals surface area (Å²) in [5, 5.41) is 21.0. The van der Waals surface area contributed by atoms with Gasteiger partial charge in [-0.1, -0.05) is 56.2 Å². The van der Waals surface area contributed by atoms with Crippen LogP contribution in [-0.4, -0.2) is 34.8 Å². The predicted molar refractivity (Wildman–Crippen MR) is 117 cm³/mol. The van der Waals surface area contributed by atoms with Crippen LogP contribution in [0.25, 0.3) is 0 Å². The van der Waals surface area contributed by atoms with Gasteiger partial charge in [0.1, 0.15) is 0 Å². The monoisotopic (exact) mass is 422 g/mol. The second kappa shape index (κ2) is 12.4. The molecule has 0 aromatic heterocycles. The minimum absolute atomic E-state index is 0.0319. The van der Waals surface area contributed by atoms with Crippen LogP contribution in [0.15, 0.2) is 36.4 Å². The van der Waals surface area contributed by atoms with E-state index in [0.29, 0.717) is 12.8 Å². The molecule has 1 saturated carbocycles. The van der Waals surface area contributed by atoms with Gasteiger partial charge in [-0.15, -0.1) is 11.6 Å². The van der Waals surface area contributed by atoms with Gasteiger partial charge in [0.05, 0.1) is 19.3 Å². The van der Waals surface area contributed by atoms with Crippen LogP contribution >= 0.6 is 11.6 Å². The number of unbranched alkanes of at least 4 members (excludes halogenated alkanes) is 2. The summed E-state index contributed by atoms with van der Waals surface area (Å²) in [5.41, 5.74) is 1.97. The third-order valence-corrected chi connectivity index (χ3v) is 6.37. The maximum Gasteiger partial charge on any atom is 0.305 e. The van der Waals surface area contributed by atoms with Gasteiger partial charge in [0, 0.05) is 17.7 Å².